The predicted molar refractivity (Wildman–Crippen MR) is 186 cm³/mol. The van der Waals surface area contributed by atoms with E-state index in [2.05, 4.69) is 16.0 Å². The first-order valence-corrected chi connectivity index (χ1v) is 16.7. The van der Waals surface area contributed by atoms with Gasteiger partial charge in [-0.05, 0) is 103 Å². The molecule has 304 valence electrons. The second-order valence-corrected chi connectivity index (χ2v) is 12.8. The van der Waals surface area contributed by atoms with Crippen LogP contribution in [0.2, 0.25) is 10.0 Å². The number of alkyl halides is 12. The summed E-state index contributed by atoms with van der Waals surface area (Å²) in [5.74, 6) is -1.69. The summed E-state index contributed by atoms with van der Waals surface area (Å²) in [4.78, 5) is 23.8. The smallest absolute Gasteiger partial charge is 0.385 e. The van der Waals surface area contributed by atoms with Crippen LogP contribution in [-0.4, -0.2) is 30.9 Å². The Morgan fingerprint density at radius 1 is 0.589 bits per heavy atom. The Bertz CT molecular complexity index is 1870. The fraction of sp³-hybridized carbons (Fsp3) is 0.278. The van der Waals surface area contributed by atoms with Crippen molar-refractivity contribution in [2.45, 2.75) is 50.0 Å². The zero-order valence-electron chi connectivity index (χ0n) is 28.4. The molecular weight excluding hydrogens is 819 g/mol. The van der Waals surface area contributed by atoms with Crippen molar-refractivity contribution in [2.24, 2.45) is 5.73 Å². The van der Waals surface area contributed by atoms with E-state index in [1.54, 1.807) is 24.3 Å². The van der Waals surface area contributed by atoms with E-state index in [0.29, 0.717) is 53.0 Å². The monoisotopic (exact) mass is 848 g/mol. The first kappa shape index (κ1) is 45.7. The van der Waals surface area contributed by atoms with Crippen LogP contribution < -0.4 is 21.7 Å². The maximum absolute atomic E-state index is 12.9. The Hall–Kier alpha value is -4.68. The fourth-order valence-corrected chi connectivity index (χ4v) is 5.00. The SMILES string of the molecule is NC(CCNc1ccc(Cl)cc1)Cc1cc(C(F)(F)F)cc(C(F)(F)F)c1.O=C(CCNC(=O)c1cc(C(F)(F)F)cc(C(F)(F)F)c1)Nc1ccc(Cl)cc1. The maximum Gasteiger partial charge on any atom is 0.416 e. The molecule has 0 saturated carbocycles. The Morgan fingerprint density at radius 3 is 1.43 bits per heavy atom. The number of nitrogens with one attached hydrogen (secondary N) is 3. The predicted octanol–water partition coefficient (Wildman–Crippen LogP) is 10.9. The largest absolute Gasteiger partial charge is 0.416 e. The highest BCUT2D eigenvalue weighted by atomic mass is 35.5. The lowest BCUT2D eigenvalue weighted by Crippen LogP contribution is -2.28. The number of carbonyl (C=O) groups excluding carboxylic acids is 2. The molecule has 5 N–H and O–H groups in total. The van der Waals surface area contributed by atoms with Crippen LogP contribution in [0.3, 0.4) is 0 Å². The minimum atomic E-state index is -5.06. The number of rotatable bonds is 11. The van der Waals surface area contributed by atoms with Gasteiger partial charge in [-0.3, -0.25) is 9.59 Å². The van der Waals surface area contributed by atoms with Crippen molar-refractivity contribution in [1.29, 1.82) is 0 Å². The van der Waals surface area contributed by atoms with E-state index in [1.807, 2.05) is 0 Å². The van der Waals surface area contributed by atoms with Gasteiger partial charge in [0.15, 0.2) is 0 Å². The van der Waals surface area contributed by atoms with Crippen molar-refractivity contribution >= 4 is 46.4 Å². The molecular formula is C36H30Cl2F12N4O2. The number of hydrogen-bond donors (Lipinski definition) is 4. The van der Waals surface area contributed by atoms with Crippen molar-refractivity contribution in [3.8, 4) is 0 Å². The lowest BCUT2D eigenvalue weighted by Gasteiger charge is -2.17. The van der Waals surface area contributed by atoms with E-state index in [4.69, 9.17) is 28.9 Å². The van der Waals surface area contributed by atoms with Crippen molar-refractivity contribution in [1.82, 2.24) is 5.32 Å². The first-order chi connectivity index (χ1) is 25.8. The summed E-state index contributed by atoms with van der Waals surface area (Å²) in [7, 11) is 0. The summed E-state index contributed by atoms with van der Waals surface area (Å²) in [5, 5.41) is 8.71. The molecule has 4 aromatic rings. The summed E-state index contributed by atoms with van der Waals surface area (Å²) in [6, 6.07) is 14.5. The van der Waals surface area contributed by atoms with E-state index >= 15 is 0 Å². The van der Waals surface area contributed by atoms with Crippen molar-refractivity contribution in [3.63, 3.8) is 0 Å². The van der Waals surface area contributed by atoms with Gasteiger partial charge in [0, 0.05) is 52.5 Å². The third kappa shape index (κ3) is 15.1. The number of halogens is 14. The number of hydrogen-bond acceptors (Lipinski definition) is 4. The molecule has 0 aliphatic heterocycles. The van der Waals surface area contributed by atoms with E-state index in [9.17, 15) is 62.3 Å². The molecule has 56 heavy (non-hydrogen) atoms. The zero-order chi connectivity index (χ0) is 42.1. The van der Waals surface area contributed by atoms with Crippen LogP contribution in [0, 0.1) is 0 Å². The van der Waals surface area contributed by atoms with Gasteiger partial charge in [0.2, 0.25) is 5.91 Å². The van der Waals surface area contributed by atoms with Crippen LogP contribution in [0.15, 0.2) is 84.9 Å². The summed E-state index contributed by atoms with van der Waals surface area (Å²) in [6.07, 6.45) is -19.8. The standard InChI is InChI=1S/C18H13ClF6N2O2.C18H17ClF6N2/c19-13-1-3-14(4-2-13)27-15(28)5-6-26-16(29)10-7-11(17(20,21)22)9-12(8-10)18(23,24)25;19-14-1-3-16(4-2-14)27-6-5-15(26)9-11-7-12(17(20,21)22)10-13(8-11)18(23,24)25/h1-4,7-9H,5-6H2,(H,26,29)(H,27,28);1-4,7-8,10,15,27H,5-6,9,26H2. The van der Waals surface area contributed by atoms with E-state index in [-0.39, 0.29) is 37.1 Å². The molecule has 1 atom stereocenters. The minimum Gasteiger partial charge on any atom is -0.385 e. The van der Waals surface area contributed by atoms with E-state index in [0.717, 1.165) is 5.69 Å². The molecule has 4 rings (SSSR count). The topological polar surface area (TPSA) is 96.2 Å². The summed E-state index contributed by atoms with van der Waals surface area (Å²) < 4.78 is 154. The first-order valence-electron chi connectivity index (χ1n) is 16.0. The third-order valence-electron chi connectivity index (χ3n) is 7.45. The lowest BCUT2D eigenvalue weighted by atomic mass is 9.98. The van der Waals surface area contributed by atoms with Crippen LogP contribution in [0.25, 0.3) is 0 Å². The fourth-order valence-electron chi connectivity index (χ4n) is 4.75. The van der Waals surface area contributed by atoms with Crippen molar-refractivity contribution in [3.05, 3.63) is 128 Å². The van der Waals surface area contributed by atoms with Gasteiger partial charge in [-0.15, -0.1) is 0 Å². The van der Waals surface area contributed by atoms with Gasteiger partial charge >= 0.3 is 24.7 Å². The highest BCUT2D eigenvalue weighted by Crippen LogP contribution is 2.38. The molecule has 20 heteroatoms. The molecule has 0 aliphatic carbocycles. The van der Waals surface area contributed by atoms with Crippen LogP contribution in [0.4, 0.5) is 64.1 Å². The molecule has 0 saturated heterocycles. The number of anilines is 2. The number of benzene rings is 4. The van der Waals surface area contributed by atoms with Gasteiger partial charge in [0.25, 0.3) is 5.91 Å². The Labute approximate surface area is 321 Å². The van der Waals surface area contributed by atoms with Crippen molar-refractivity contribution < 1.29 is 62.3 Å². The highest BCUT2D eigenvalue weighted by Gasteiger charge is 2.38. The molecule has 6 nitrogen and oxygen atoms in total. The summed E-state index contributed by atoms with van der Waals surface area (Å²) >= 11 is 11.5. The average Bonchev–Trinajstić information content (AvgIpc) is 3.08. The average molecular weight is 850 g/mol. The van der Waals surface area contributed by atoms with Gasteiger partial charge in [0.05, 0.1) is 22.3 Å². The summed E-state index contributed by atoms with van der Waals surface area (Å²) in [5.41, 5.74) is 0.318. The molecule has 2 amide bonds. The lowest BCUT2D eigenvalue weighted by molar-refractivity contribution is -0.144. The van der Waals surface area contributed by atoms with Crippen molar-refractivity contribution in [2.75, 3.05) is 23.7 Å². The van der Waals surface area contributed by atoms with Gasteiger partial charge in [0.1, 0.15) is 0 Å². The van der Waals surface area contributed by atoms with Gasteiger partial charge in [-0.25, -0.2) is 0 Å². The Kier molecular flexibility index (Phi) is 15.5. The molecule has 0 heterocycles. The second kappa shape index (κ2) is 19.0. The Balaban J connectivity index is 0.000000301. The number of carbonyl (C=O) groups is 2. The number of amides is 2. The van der Waals surface area contributed by atoms with E-state index in [1.165, 1.54) is 24.3 Å². The maximum atomic E-state index is 12.9. The number of nitrogens with two attached hydrogens (primary N) is 1. The van der Waals surface area contributed by atoms with E-state index < -0.39 is 70.4 Å². The molecule has 1 unspecified atom stereocenters. The Morgan fingerprint density at radius 2 is 1.00 bits per heavy atom. The molecule has 0 aromatic heterocycles. The third-order valence-corrected chi connectivity index (χ3v) is 7.95. The van der Waals surface area contributed by atoms with Crippen LogP contribution in [-0.2, 0) is 35.9 Å². The zero-order valence-corrected chi connectivity index (χ0v) is 29.9. The van der Waals surface area contributed by atoms with Crippen LogP contribution >= 0.6 is 23.2 Å². The van der Waals surface area contributed by atoms with Crippen LogP contribution in [0.1, 0.15) is 51.0 Å². The normalized spacial score (nSPS) is 12.6. The quantitative estimate of drug-likeness (QED) is 0.113. The molecule has 0 spiro atoms. The van der Waals surface area contributed by atoms with Gasteiger partial charge < -0.3 is 21.7 Å². The molecule has 4 aromatic carbocycles. The second-order valence-electron chi connectivity index (χ2n) is 12.0. The highest BCUT2D eigenvalue weighted by molar-refractivity contribution is 6.30. The molecule has 0 bridgehead atoms. The molecule has 0 fully saturated rings. The minimum absolute atomic E-state index is 0.0731. The van der Waals surface area contributed by atoms with Crippen LogP contribution in [0.5, 0.6) is 0 Å². The summed E-state index contributed by atoms with van der Waals surface area (Å²) in [6.45, 7) is 0.115. The van der Waals surface area contributed by atoms with Gasteiger partial charge in [-0.1, -0.05) is 23.2 Å². The molecule has 0 aliphatic rings. The van der Waals surface area contributed by atoms with Gasteiger partial charge in [-0.2, -0.15) is 52.7 Å². The molecule has 0 radical (unpaired) electrons.